The third-order valence-corrected chi connectivity index (χ3v) is 2.62. The molecule has 1 rings (SSSR count). The van der Waals surface area contributed by atoms with E-state index in [-0.39, 0.29) is 0 Å². The van der Waals surface area contributed by atoms with Crippen LogP contribution >= 0.6 is 0 Å². The van der Waals surface area contributed by atoms with E-state index < -0.39 is 20.5 Å². The largest absolute Gasteiger partial charge is 0.502 e. The molecule has 0 spiro atoms. The van der Waals surface area contributed by atoms with Crippen molar-refractivity contribution in [2.24, 2.45) is 10.2 Å². The number of ether oxygens (including phenoxy) is 1. The van der Waals surface area contributed by atoms with Gasteiger partial charge in [0.25, 0.3) is 0 Å². The number of hydrogen-bond donors (Lipinski definition) is 0. The molecule has 1 aromatic carbocycles. The Morgan fingerprint density at radius 3 is 2.05 bits per heavy atom. The summed E-state index contributed by atoms with van der Waals surface area (Å²) in [4.78, 5) is 22.5. The lowest BCUT2D eigenvalue weighted by Crippen LogP contribution is -2.27. The second kappa shape index (κ2) is 6.23. The zero-order valence-corrected chi connectivity index (χ0v) is 12.3. The Kier molecular flexibility index (Phi) is 4.93. The summed E-state index contributed by atoms with van der Waals surface area (Å²) in [6.07, 6.45) is -1.84. The monoisotopic (exact) mass is 280 g/mol. The maximum absolute atomic E-state index is 11.3. The van der Waals surface area contributed by atoms with Crippen molar-refractivity contribution < 1.29 is 18.8 Å². The number of benzene rings is 1. The highest BCUT2D eigenvalue weighted by atomic mass is 28.4. The van der Waals surface area contributed by atoms with Gasteiger partial charge in [-0.25, -0.2) is 9.59 Å². The maximum atomic E-state index is 11.3. The van der Waals surface area contributed by atoms with Crippen molar-refractivity contribution in [2.75, 3.05) is 0 Å². The smallest absolute Gasteiger partial charge is 0.458 e. The summed E-state index contributed by atoms with van der Waals surface area (Å²) in [7, 11) is -2.03. The molecular formula is C12H16N2O4Si. The summed E-state index contributed by atoms with van der Waals surface area (Å²) in [5.41, 5.74) is 1.04. The number of azo groups is 1. The van der Waals surface area contributed by atoms with Gasteiger partial charge in [-0.05, 0) is 38.7 Å². The molecule has 0 saturated heterocycles. The van der Waals surface area contributed by atoms with Crippen LogP contribution in [0.25, 0.3) is 0 Å². The molecule has 0 aliphatic rings. The maximum Gasteiger partial charge on any atom is 0.458 e. The molecule has 0 aromatic heterocycles. The van der Waals surface area contributed by atoms with E-state index in [0.29, 0.717) is 5.75 Å². The van der Waals surface area contributed by atoms with Gasteiger partial charge in [0.2, 0.25) is 8.32 Å². The summed E-state index contributed by atoms with van der Waals surface area (Å²) in [5.74, 6) is 0.341. The van der Waals surface area contributed by atoms with Crippen LogP contribution in [0.1, 0.15) is 5.56 Å². The Balaban J connectivity index is 2.51. The van der Waals surface area contributed by atoms with Gasteiger partial charge in [-0.2, -0.15) is 0 Å². The predicted molar refractivity (Wildman–Crippen MR) is 71.9 cm³/mol. The second-order valence-corrected chi connectivity index (χ2v) is 9.29. The standard InChI is InChI=1S/C12H16N2O4Si/c1-9-5-7-10(8-6-9)17-11(15)13-14-12(16)18-19(2,3)4/h5-8H,1-4H3/b14-13+. The van der Waals surface area contributed by atoms with Gasteiger partial charge in [-0.3, -0.25) is 0 Å². The van der Waals surface area contributed by atoms with Crippen molar-refractivity contribution in [3.8, 4) is 5.75 Å². The van der Waals surface area contributed by atoms with Crippen LogP contribution in [0.2, 0.25) is 19.6 Å². The van der Waals surface area contributed by atoms with Crippen LogP contribution in [0.15, 0.2) is 34.5 Å². The van der Waals surface area contributed by atoms with Crippen LogP contribution in [0, 0.1) is 6.92 Å². The Bertz CT molecular complexity index is 491. The first-order chi connectivity index (χ1) is 8.76. The van der Waals surface area contributed by atoms with Crippen molar-refractivity contribution in [1.82, 2.24) is 0 Å². The molecule has 0 fully saturated rings. The zero-order valence-electron chi connectivity index (χ0n) is 11.3. The first-order valence-corrected chi connectivity index (χ1v) is 9.10. The molecule has 0 heterocycles. The van der Waals surface area contributed by atoms with Crippen LogP contribution in [0.5, 0.6) is 5.75 Å². The van der Waals surface area contributed by atoms with Gasteiger partial charge in [-0.15, -0.1) is 0 Å². The van der Waals surface area contributed by atoms with Crippen molar-refractivity contribution in [1.29, 1.82) is 0 Å². The summed E-state index contributed by atoms with van der Waals surface area (Å²) >= 11 is 0. The van der Waals surface area contributed by atoms with E-state index in [1.165, 1.54) is 0 Å². The highest BCUT2D eigenvalue weighted by molar-refractivity contribution is 6.71. The molecule has 102 valence electrons. The van der Waals surface area contributed by atoms with E-state index >= 15 is 0 Å². The number of hydrogen-bond acceptors (Lipinski definition) is 4. The van der Waals surface area contributed by atoms with Crippen LogP contribution in [-0.4, -0.2) is 20.5 Å². The van der Waals surface area contributed by atoms with E-state index in [1.807, 2.05) is 26.6 Å². The van der Waals surface area contributed by atoms with Gasteiger partial charge in [0.15, 0.2) is 0 Å². The second-order valence-electron chi connectivity index (χ2n) is 4.86. The van der Waals surface area contributed by atoms with E-state index in [0.717, 1.165) is 5.56 Å². The summed E-state index contributed by atoms with van der Waals surface area (Å²) < 4.78 is 9.84. The topological polar surface area (TPSA) is 77.3 Å². The number of carbonyl (C=O) groups is 2. The minimum absolute atomic E-state index is 0.341. The Hall–Kier alpha value is -2.02. The van der Waals surface area contributed by atoms with Gasteiger partial charge < -0.3 is 9.16 Å². The lowest BCUT2D eigenvalue weighted by Gasteiger charge is -2.13. The van der Waals surface area contributed by atoms with Crippen LogP contribution in [0.4, 0.5) is 9.59 Å². The molecule has 0 N–H and O–H groups in total. The number of amides is 2. The van der Waals surface area contributed by atoms with Crippen molar-refractivity contribution >= 4 is 20.5 Å². The molecule has 19 heavy (non-hydrogen) atoms. The summed E-state index contributed by atoms with van der Waals surface area (Å²) in [6, 6.07) is 6.84. The van der Waals surface area contributed by atoms with Gasteiger partial charge in [-0.1, -0.05) is 27.9 Å². The van der Waals surface area contributed by atoms with E-state index in [4.69, 9.17) is 9.16 Å². The van der Waals surface area contributed by atoms with Gasteiger partial charge in [0, 0.05) is 0 Å². The van der Waals surface area contributed by atoms with Crippen molar-refractivity contribution in [3.05, 3.63) is 29.8 Å². The lowest BCUT2D eigenvalue weighted by atomic mass is 10.2. The van der Waals surface area contributed by atoms with E-state index in [2.05, 4.69) is 10.2 Å². The summed E-state index contributed by atoms with van der Waals surface area (Å²) in [6.45, 7) is 7.39. The molecule has 7 heteroatoms. The molecule has 6 nitrogen and oxygen atoms in total. The van der Waals surface area contributed by atoms with Crippen LogP contribution in [0.3, 0.4) is 0 Å². The average Bonchev–Trinajstić information content (AvgIpc) is 2.27. The quantitative estimate of drug-likeness (QED) is 0.607. The van der Waals surface area contributed by atoms with Crippen molar-refractivity contribution in [3.63, 3.8) is 0 Å². The highest BCUT2D eigenvalue weighted by Crippen LogP contribution is 2.12. The molecule has 2 amide bonds. The fourth-order valence-electron chi connectivity index (χ4n) is 1.09. The fourth-order valence-corrected chi connectivity index (χ4v) is 1.66. The molecule has 0 unspecified atom stereocenters. The third-order valence-electron chi connectivity index (χ3n) is 1.83. The molecule has 0 saturated carbocycles. The number of nitrogens with zero attached hydrogens (tertiary/aromatic N) is 2. The molecule has 0 radical (unpaired) electrons. The fraction of sp³-hybridized carbons (Fsp3) is 0.333. The average molecular weight is 280 g/mol. The highest BCUT2D eigenvalue weighted by Gasteiger charge is 2.19. The minimum atomic E-state index is -2.03. The molecule has 0 aliphatic carbocycles. The van der Waals surface area contributed by atoms with Gasteiger partial charge in [0.05, 0.1) is 0 Å². The SMILES string of the molecule is Cc1ccc(OC(=O)/N=N/C(=O)O[Si](C)(C)C)cc1. The van der Waals surface area contributed by atoms with Gasteiger partial charge in [0.1, 0.15) is 5.75 Å². The number of carbonyl (C=O) groups excluding carboxylic acids is 2. The number of rotatable bonds is 2. The Morgan fingerprint density at radius 2 is 1.53 bits per heavy atom. The molecule has 0 aliphatic heterocycles. The first-order valence-electron chi connectivity index (χ1n) is 5.69. The molecule has 0 bridgehead atoms. The van der Waals surface area contributed by atoms with Crippen molar-refractivity contribution in [2.45, 2.75) is 26.6 Å². The first kappa shape index (κ1) is 15.0. The van der Waals surface area contributed by atoms with Crippen LogP contribution in [-0.2, 0) is 4.43 Å². The van der Waals surface area contributed by atoms with E-state index in [9.17, 15) is 9.59 Å². The Labute approximate surface area is 112 Å². The predicted octanol–water partition coefficient (Wildman–Crippen LogP) is 3.92. The molecular weight excluding hydrogens is 264 g/mol. The third kappa shape index (κ3) is 6.46. The minimum Gasteiger partial charge on any atom is -0.502 e. The molecule has 1 aromatic rings. The zero-order chi connectivity index (χ0) is 14.5. The normalized spacial score (nSPS) is 11.4. The van der Waals surface area contributed by atoms with Gasteiger partial charge >= 0.3 is 12.2 Å². The van der Waals surface area contributed by atoms with E-state index in [1.54, 1.807) is 24.3 Å². The number of aryl methyl sites for hydroxylation is 1. The summed E-state index contributed by atoms with van der Waals surface area (Å²) in [5, 5.41) is 6.28. The lowest BCUT2D eigenvalue weighted by molar-refractivity contribution is 0.199. The molecule has 0 atom stereocenters. The Morgan fingerprint density at radius 1 is 1.00 bits per heavy atom. The van der Waals surface area contributed by atoms with Crippen LogP contribution < -0.4 is 4.74 Å².